The Morgan fingerprint density at radius 3 is 2.56 bits per heavy atom. The summed E-state index contributed by atoms with van der Waals surface area (Å²) in [6.07, 6.45) is 0. The maximum Gasteiger partial charge on any atom is 0.259 e. The maximum atomic E-state index is 3.76. The fourth-order valence-electron chi connectivity index (χ4n) is 0.434. The molecule has 48 valence electrons. The third-order valence-corrected chi connectivity index (χ3v) is 2.01. The predicted molar refractivity (Wildman–Crippen MR) is 43.4 cm³/mol. The zero-order valence-corrected chi connectivity index (χ0v) is 7.03. The molecule has 1 aromatic rings. The van der Waals surface area contributed by atoms with Crippen molar-refractivity contribution in [3.63, 3.8) is 0 Å². The summed E-state index contributed by atoms with van der Waals surface area (Å²) >= 11 is 2.06. The highest BCUT2D eigenvalue weighted by atomic mass is 127. The van der Waals surface area contributed by atoms with Gasteiger partial charge < -0.3 is 0 Å². The van der Waals surface area contributed by atoms with Crippen LogP contribution in [0.15, 0.2) is 4.99 Å². The van der Waals surface area contributed by atoms with Crippen LogP contribution in [0.1, 0.15) is 5.82 Å². The second kappa shape index (κ2) is 2.42. The minimum atomic E-state index is 0.549. The van der Waals surface area contributed by atoms with Crippen molar-refractivity contribution in [3.05, 3.63) is 5.82 Å². The van der Waals surface area contributed by atoms with Gasteiger partial charge in [-0.2, -0.15) is 0 Å². The first-order valence-electron chi connectivity index (χ1n) is 2.30. The molecular weight excluding hydrogens is 231 g/mol. The molecule has 0 fully saturated rings. The van der Waals surface area contributed by atoms with Crippen LogP contribution in [-0.2, 0) is 0 Å². The second-order valence-electron chi connectivity index (χ2n) is 1.49. The van der Waals surface area contributed by atoms with E-state index < -0.39 is 0 Å². The Labute approximate surface area is 66.5 Å². The van der Waals surface area contributed by atoms with Gasteiger partial charge >= 0.3 is 0 Å². The number of halogens is 1. The molecule has 5 heteroatoms. The van der Waals surface area contributed by atoms with Crippen LogP contribution in [0.25, 0.3) is 0 Å². The zero-order valence-electron chi connectivity index (χ0n) is 4.87. The van der Waals surface area contributed by atoms with E-state index in [-0.39, 0.29) is 0 Å². The van der Waals surface area contributed by atoms with E-state index in [4.69, 9.17) is 0 Å². The SMILES string of the molecule is C=Nc1nnc(C)n1I. The Bertz CT molecular complexity index is 228. The van der Waals surface area contributed by atoms with Crippen LogP contribution in [0.4, 0.5) is 5.95 Å². The molecule has 9 heavy (non-hydrogen) atoms. The molecule has 0 radical (unpaired) electrons. The Balaban J connectivity index is 3.18. The average Bonchev–Trinajstić information content (AvgIpc) is 2.15. The third-order valence-electron chi connectivity index (χ3n) is 0.885. The van der Waals surface area contributed by atoms with E-state index >= 15 is 0 Å². The molecule has 1 heterocycles. The number of aliphatic imine (C=N–C) groups is 1. The first-order chi connectivity index (χ1) is 4.25. The van der Waals surface area contributed by atoms with Crippen molar-refractivity contribution in [1.82, 2.24) is 13.0 Å². The molecule has 1 aromatic heterocycles. The fourth-order valence-corrected chi connectivity index (χ4v) is 0.780. The molecule has 0 aromatic carbocycles. The number of aromatic nitrogens is 3. The number of nitrogens with zero attached hydrogens (tertiary/aromatic N) is 4. The molecule has 0 bridgehead atoms. The summed E-state index contributed by atoms with van der Waals surface area (Å²) in [5, 5.41) is 7.47. The van der Waals surface area contributed by atoms with Gasteiger partial charge in [-0.15, -0.1) is 10.2 Å². The molecular formula is C4H5IN4. The van der Waals surface area contributed by atoms with E-state index in [1.54, 1.807) is 2.78 Å². The molecule has 0 N–H and O–H groups in total. The lowest BCUT2D eigenvalue weighted by atomic mass is 10.7. The highest BCUT2D eigenvalue weighted by Crippen LogP contribution is 2.12. The summed E-state index contributed by atoms with van der Waals surface area (Å²) in [7, 11) is 0. The molecule has 0 aliphatic carbocycles. The van der Waals surface area contributed by atoms with Gasteiger partial charge in [-0.05, 0) is 13.6 Å². The predicted octanol–water partition coefficient (Wildman–Crippen LogP) is 1.12. The van der Waals surface area contributed by atoms with Crippen molar-refractivity contribution in [2.24, 2.45) is 4.99 Å². The highest BCUT2D eigenvalue weighted by Gasteiger charge is 2.00. The summed E-state index contributed by atoms with van der Waals surface area (Å²) in [6.45, 7) is 5.18. The van der Waals surface area contributed by atoms with Crippen molar-refractivity contribution in [1.29, 1.82) is 0 Å². The van der Waals surface area contributed by atoms with Crippen molar-refractivity contribution in [2.45, 2.75) is 6.92 Å². The van der Waals surface area contributed by atoms with Gasteiger partial charge in [0.15, 0.2) is 0 Å². The van der Waals surface area contributed by atoms with Gasteiger partial charge in [-0.1, -0.05) is 0 Å². The van der Waals surface area contributed by atoms with Gasteiger partial charge in [0.2, 0.25) is 0 Å². The topological polar surface area (TPSA) is 43.1 Å². The van der Waals surface area contributed by atoms with Crippen LogP contribution in [-0.4, -0.2) is 19.7 Å². The quantitative estimate of drug-likeness (QED) is 0.541. The van der Waals surface area contributed by atoms with Crippen LogP contribution in [0, 0.1) is 6.92 Å². The lowest BCUT2D eigenvalue weighted by Crippen LogP contribution is -1.80. The van der Waals surface area contributed by atoms with E-state index in [2.05, 4.69) is 44.8 Å². The molecule has 0 amide bonds. The molecule has 0 saturated carbocycles. The lowest BCUT2D eigenvalue weighted by molar-refractivity contribution is 1.03. The van der Waals surface area contributed by atoms with Crippen LogP contribution >= 0.6 is 22.9 Å². The Hall–Kier alpha value is -0.460. The Morgan fingerprint density at radius 2 is 2.33 bits per heavy atom. The minimum Gasteiger partial charge on any atom is -0.235 e. The molecule has 1 rings (SSSR count). The van der Waals surface area contributed by atoms with Gasteiger partial charge in [0.1, 0.15) is 5.82 Å². The lowest BCUT2D eigenvalue weighted by Gasteiger charge is -1.87. The monoisotopic (exact) mass is 236 g/mol. The van der Waals surface area contributed by atoms with E-state index in [1.807, 2.05) is 6.92 Å². The van der Waals surface area contributed by atoms with Crippen molar-refractivity contribution in [2.75, 3.05) is 0 Å². The Kier molecular flexibility index (Phi) is 1.79. The summed E-state index contributed by atoms with van der Waals surface area (Å²) in [5.41, 5.74) is 0. The number of aryl methyl sites for hydroxylation is 1. The van der Waals surface area contributed by atoms with Crippen molar-refractivity contribution in [3.8, 4) is 0 Å². The summed E-state index contributed by atoms with van der Waals surface area (Å²) in [6, 6.07) is 0. The number of rotatable bonds is 1. The molecule has 0 spiro atoms. The summed E-state index contributed by atoms with van der Waals surface area (Å²) in [4.78, 5) is 3.62. The van der Waals surface area contributed by atoms with Crippen molar-refractivity contribution < 1.29 is 0 Å². The molecule has 0 atom stereocenters. The Morgan fingerprint density at radius 1 is 1.67 bits per heavy atom. The fraction of sp³-hybridized carbons (Fsp3) is 0.250. The highest BCUT2D eigenvalue weighted by molar-refractivity contribution is 14.1. The number of hydrogen-bond acceptors (Lipinski definition) is 3. The number of hydrogen-bond donors (Lipinski definition) is 0. The first-order valence-corrected chi connectivity index (χ1v) is 3.27. The van der Waals surface area contributed by atoms with Crippen LogP contribution in [0.3, 0.4) is 0 Å². The zero-order chi connectivity index (χ0) is 6.85. The maximum absolute atomic E-state index is 3.76. The minimum absolute atomic E-state index is 0.549. The summed E-state index contributed by atoms with van der Waals surface area (Å²) in [5.74, 6) is 1.38. The van der Waals surface area contributed by atoms with E-state index in [9.17, 15) is 0 Å². The van der Waals surface area contributed by atoms with Gasteiger partial charge in [0.05, 0.1) is 22.9 Å². The summed E-state index contributed by atoms with van der Waals surface area (Å²) < 4.78 is 1.74. The largest absolute Gasteiger partial charge is 0.259 e. The van der Waals surface area contributed by atoms with E-state index in [0.717, 1.165) is 5.82 Å². The van der Waals surface area contributed by atoms with E-state index in [0.29, 0.717) is 5.95 Å². The normalized spacial score (nSPS) is 9.56. The van der Waals surface area contributed by atoms with Crippen LogP contribution in [0.2, 0.25) is 0 Å². The van der Waals surface area contributed by atoms with E-state index in [1.165, 1.54) is 0 Å². The van der Waals surface area contributed by atoms with Gasteiger partial charge in [-0.25, -0.2) is 7.77 Å². The molecule has 0 aliphatic rings. The second-order valence-corrected chi connectivity index (χ2v) is 2.45. The van der Waals surface area contributed by atoms with Gasteiger partial charge in [0, 0.05) is 0 Å². The molecule has 0 unspecified atom stereocenters. The van der Waals surface area contributed by atoms with Crippen molar-refractivity contribution >= 4 is 35.5 Å². The van der Waals surface area contributed by atoms with Crippen LogP contribution in [0.5, 0.6) is 0 Å². The smallest absolute Gasteiger partial charge is 0.235 e. The molecule has 0 saturated heterocycles. The average molecular weight is 236 g/mol. The third kappa shape index (κ3) is 1.09. The van der Waals surface area contributed by atoms with Gasteiger partial charge in [0.25, 0.3) is 5.95 Å². The standard InChI is InChI=1S/C4H5IN4/c1-3-7-8-4(6-2)9(3)5/h2H2,1H3. The molecule has 4 nitrogen and oxygen atoms in total. The first kappa shape index (κ1) is 6.66. The van der Waals surface area contributed by atoms with Gasteiger partial charge in [-0.3, -0.25) is 0 Å². The molecule has 0 aliphatic heterocycles. The van der Waals surface area contributed by atoms with Crippen LogP contribution < -0.4 is 0 Å².